The van der Waals surface area contributed by atoms with Crippen molar-refractivity contribution in [2.45, 2.75) is 23.6 Å². The maximum atomic E-state index is 2.44. The normalized spacial score (nSPS) is 12.5. The molecule has 0 unspecified atom stereocenters. The van der Waals surface area contributed by atoms with E-state index in [-0.39, 0.29) is 0 Å². The van der Waals surface area contributed by atoms with Gasteiger partial charge in [0, 0.05) is 15.5 Å². The van der Waals surface area contributed by atoms with Crippen LogP contribution in [0.5, 0.6) is 0 Å². The molecular weight excluding hydrogens is 623 g/mol. The van der Waals surface area contributed by atoms with E-state index in [4.69, 9.17) is 0 Å². The second-order valence-electron chi connectivity index (χ2n) is 13.5. The molecule has 1 aliphatic heterocycles. The number of para-hydroxylation sites is 1. The van der Waals surface area contributed by atoms with Gasteiger partial charge in [-0.2, -0.15) is 0 Å². The molecule has 50 heavy (non-hydrogen) atoms. The Morgan fingerprint density at radius 2 is 0.900 bits per heavy atom. The molecule has 0 atom stereocenters. The van der Waals surface area contributed by atoms with E-state index in [1.54, 1.807) is 0 Å². The molecule has 9 aromatic carbocycles. The molecule has 1 nitrogen and oxygen atoms in total. The van der Waals surface area contributed by atoms with Gasteiger partial charge in [-0.15, -0.1) is 0 Å². The molecule has 0 bridgehead atoms. The largest absolute Gasteiger partial charge is 0.308 e. The fourth-order valence-electron chi connectivity index (χ4n) is 7.79. The summed E-state index contributed by atoms with van der Waals surface area (Å²) >= 11 is 1.85. The average Bonchev–Trinajstić information content (AvgIpc) is 3.16. The molecule has 0 amide bonds. The molecule has 9 aromatic rings. The second kappa shape index (κ2) is 11.4. The minimum atomic E-state index is 1.16. The number of hydrogen-bond donors (Lipinski definition) is 0. The lowest BCUT2D eigenvalue weighted by atomic mass is 9.87. The highest BCUT2D eigenvalue weighted by atomic mass is 32.2. The molecule has 0 fully saturated rings. The third kappa shape index (κ3) is 4.64. The quantitative estimate of drug-likeness (QED) is 0.174. The molecular formula is C48H33NS. The number of nitrogens with zero attached hydrogens (tertiary/aromatic N) is 1. The third-order valence-electron chi connectivity index (χ3n) is 10.4. The van der Waals surface area contributed by atoms with Crippen molar-refractivity contribution in [3.05, 3.63) is 175 Å². The van der Waals surface area contributed by atoms with E-state index in [0.29, 0.717) is 0 Å². The van der Waals surface area contributed by atoms with Crippen molar-refractivity contribution >= 4 is 61.1 Å². The number of fused-ring (bicyclic) bond motifs is 2. The minimum Gasteiger partial charge on any atom is -0.308 e. The maximum Gasteiger partial charge on any atom is 0.0607 e. The summed E-state index contributed by atoms with van der Waals surface area (Å²) in [5, 5.41) is 7.84. The average molecular weight is 656 g/mol. The smallest absolute Gasteiger partial charge is 0.0607 e. The number of hydrogen-bond acceptors (Lipinski definition) is 2. The van der Waals surface area contributed by atoms with E-state index < -0.39 is 0 Å². The van der Waals surface area contributed by atoms with Crippen molar-refractivity contribution in [1.82, 2.24) is 0 Å². The van der Waals surface area contributed by atoms with Crippen molar-refractivity contribution in [2.75, 3.05) is 4.90 Å². The third-order valence-corrected chi connectivity index (χ3v) is 11.5. The highest BCUT2D eigenvalue weighted by Crippen LogP contribution is 2.53. The van der Waals surface area contributed by atoms with Crippen molar-refractivity contribution in [2.24, 2.45) is 0 Å². The molecule has 10 rings (SSSR count). The summed E-state index contributed by atoms with van der Waals surface area (Å²) in [7, 11) is 0. The van der Waals surface area contributed by atoms with Crippen LogP contribution in [0.2, 0.25) is 0 Å². The summed E-state index contributed by atoms with van der Waals surface area (Å²) in [6.07, 6.45) is 0. The Kier molecular flexibility index (Phi) is 6.62. The monoisotopic (exact) mass is 655 g/mol. The van der Waals surface area contributed by atoms with E-state index in [1.165, 1.54) is 98.0 Å². The number of anilines is 3. The first kappa shape index (κ1) is 29.1. The Balaban J connectivity index is 1.13. The molecule has 0 saturated heterocycles. The Hall–Kier alpha value is -5.83. The zero-order valence-corrected chi connectivity index (χ0v) is 28.8. The molecule has 0 aliphatic carbocycles. The van der Waals surface area contributed by atoms with Gasteiger partial charge in [-0.3, -0.25) is 0 Å². The topological polar surface area (TPSA) is 3.24 Å². The predicted octanol–water partition coefficient (Wildman–Crippen LogP) is 14.1. The van der Waals surface area contributed by atoms with Gasteiger partial charge in [0.25, 0.3) is 0 Å². The van der Waals surface area contributed by atoms with Crippen molar-refractivity contribution in [3.63, 3.8) is 0 Å². The van der Waals surface area contributed by atoms with Crippen molar-refractivity contribution in [3.8, 4) is 33.4 Å². The van der Waals surface area contributed by atoms with Crippen LogP contribution in [0, 0.1) is 13.8 Å². The zero-order valence-electron chi connectivity index (χ0n) is 27.9. The number of rotatable bonds is 4. The van der Waals surface area contributed by atoms with E-state index >= 15 is 0 Å². The van der Waals surface area contributed by atoms with Crippen molar-refractivity contribution < 1.29 is 0 Å². The van der Waals surface area contributed by atoms with E-state index in [2.05, 4.69) is 183 Å². The van der Waals surface area contributed by atoms with Crippen LogP contribution in [0.15, 0.2) is 174 Å². The van der Waals surface area contributed by atoms with E-state index in [1.807, 2.05) is 11.8 Å². The van der Waals surface area contributed by atoms with Crippen LogP contribution in [0.3, 0.4) is 0 Å². The van der Waals surface area contributed by atoms with Crippen LogP contribution in [0.1, 0.15) is 11.1 Å². The SMILES string of the molecule is Cc1ccc(-c2ccc(N3c4ccccc4Sc4ccc(-c5ccc6ccc7ccc(-c8ccc(C)cc8)c8ccc5c6c78)cc43)cc2)cc1. The van der Waals surface area contributed by atoms with Gasteiger partial charge in [0.05, 0.1) is 11.4 Å². The molecule has 236 valence electrons. The Morgan fingerprint density at radius 3 is 1.54 bits per heavy atom. The molecule has 1 aliphatic rings. The number of aryl methyl sites for hydroxylation is 2. The lowest BCUT2D eigenvalue weighted by Crippen LogP contribution is -2.14. The maximum absolute atomic E-state index is 2.44. The lowest BCUT2D eigenvalue weighted by Gasteiger charge is -2.33. The van der Waals surface area contributed by atoms with Crippen LogP contribution in [0.4, 0.5) is 17.1 Å². The molecule has 1 heterocycles. The molecule has 0 radical (unpaired) electrons. The first-order valence-corrected chi connectivity index (χ1v) is 18.1. The van der Waals surface area contributed by atoms with Gasteiger partial charge < -0.3 is 4.90 Å². The Morgan fingerprint density at radius 1 is 0.400 bits per heavy atom. The zero-order chi connectivity index (χ0) is 33.3. The van der Waals surface area contributed by atoms with Gasteiger partial charge in [-0.1, -0.05) is 150 Å². The fourth-order valence-corrected chi connectivity index (χ4v) is 8.83. The van der Waals surface area contributed by atoms with Crippen LogP contribution >= 0.6 is 11.8 Å². The molecule has 0 saturated carbocycles. The Bertz CT molecular complexity index is 2720. The molecule has 0 aromatic heterocycles. The van der Waals surface area contributed by atoms with Gasteiger partial charge >= 0.3 is 0 Å². The standard InChI is InChI=1S/C48H33NS/c1-30-7-11-32(12-8-30)33-17-22-38(23-18-33)49-43-5-3-4-6-45(43)50-46-28-21-37(29-44(46)49)40-25-20-36-16-15-35-19-24-39(34-13-9-31(2)10-14-34)41-26-27-42(40)48(36)47(35)41/h3-29H,1-2H3. The van der Waals surface area contributed by atoms with Crippen LogP contribution < -0.4 is 4.90 Å². The molecule has 0 N–H and O–H groups in total. The van der Waals surface area contributed by atoms with Gasteiger partial charge in [-0.05, 0) is 116 Å². The first-order valence-electron chi connectivity index (χ1n) is 17.3. The molecule has 0 spiro atoms. The highest BCUT2D eigenvalue weighted by Gasteiger charge is 2.26. The minimum absolute atomic E-state index is 1.16. The second-order valence-corrected chi connectivity index (χ2v) is 14.6. The van der Waals surface area contributed by atoms with Crippen molar-refractivity contribution in [1.29, 1.82) is 0 Å². The van der Waals surface area contributed by atoms with E-state index in [0.717, 1.165) is 5.69 Å². The summed E-state index contributed by atoms with van der Waals surface area (Å²) in [5.41, 5.74) is 13.6. The lowest BCUT2D eigenvalue weighted by molar-refractivity contribution is 1.17. The highest BCUT2D eigenvalue weighted by molar-refractivity contribution is 7.99. The predicted molar refractivity (Wildman–Crippen MR) is 215 cm³/mol. The van der Waals surface area contributed by atoms with Crippen LogP contribution in [-0.4, -0.2) is 0 Å². The number of benzene rings is 9. The summed E-state index contributed by atoms with van der Waals surface area (Å²) in [4.78, 5) is 4.96. The van der Waals surface area contributed by atoms with Crippen LogP contribution in [0.25, 0.3) is 65.7 Å². The summed E-state index contributed by atoms with van der Waals surface area (Å²) < 4.78 is 0. The van der Waals surface area contributed by atoms with Gasteiger partial charge in [0.2, 0.25) is 0 Å². The van der Waals surface area contributed by atoms with E-state index in [9.17, 15) is 0 Å². The summed E-state index contributed by atoms with van der Waals surface area (Å²) in [6, 6.07) is 60.9. The summed E-state index contributed by atoms with van der Waals surface area (Å²) in [6.45, 7) is 4.28. The van der Waals surface area contributed by atoms with Gasteiger partial charge in [0.1, 0.15) is 0 Å². The Labute approximate surface area is 296 Å². The van der Waals surface area contributed by atoms with Gasteiger partial charge in [0.15, 0.2) is 0 Å². The fraction of sp³-hybridized carbons (Fsp3) is 0.0417. The molecule has 2 heteroatoms. The summed E-state index contributed by atoms with van der Waals surface area (Å²) in [5.74, 6) is 0. The van der Waals surface area contributed by atoms with Gasteiger partial charge in [-0.25, -0.2) is 0 Å². The van der Waals surface area contributed by atoms with Crippen LogP contribution in [-0.2, 0) is 0 Å². The first-order chi connectivity index (χ1) is 24.6.